The third-order valence-electron chi connectivity index (χ3n) is 17.5. The number of anilines is 3. The van der Waals surface area contributed by atoms with E-state index in [2.05, 4.69) is 41.4 Å². The highest BCUT2D eigenvalue weighted by atomic mass is 32.2. The van der Waals surface area contributed by atoms with Crippen LogP contribution in [0.3, 0.4) is 0 Å². The first-order chi connectivity index (χ1) is 54.3. The van der Waals surface area contributed by atoms with Crippen LogP contribution in [-0.2, 0) is 98.1 Å². The number of fused-ring (bicyclic) bond motifs is 6. The maximum atomic E-state index is 14.3. The van der Waals surface area contributed by atoms with E-state index in [1.165, 1.54) is 57.3 Å². The fourth-order valence-electron chi connectivity index (χ4n) is 12.3. The van der Waals surface area contributed by atoms with Gasteiger partial charge in [0.1, 0.15) is 30.4 Å². The molecule has 0 spiro atoms. The molecule has 117 heavy (non-hydrogen) atoms. The molecule has 630 valence electrons. The summed E-state index contributed by atoms with van der Waals surface area (Å²) in [4.78, 5) is 138. The van der Waals surface area contributed by atoms with Crippen molar-refractivity contribution in [3.63, 3.8) is 0 Å². The molecule has 0 fully saturated rings. The lowest BCUT2D eigenvalue weighted by molar-refractivity contribution is -0.438. The molecule has 2 aromatic heterocycles. The van der Waals surface area contributed by atoms with Crippen molar-refractivity contribution in [2.75, 3.05) is 46.1 Å². The number of carbonyl (C=O) groups is 10. The Bertz CT molecular complexity index is 5670. The Hall–Kier alpha value is -11.7. The number of allylic oxidation sites excluding steroid dienone is 6. The lowest BCUT2D eigenvalue weighted by atomic mass is 9.77. The topological polar surface area (TPSA) is 671 Å². The van der Waals surface area contributed by atoms with Crippen LogP contribution in [0, 0.1) is 5.92 Å². The van der Waals surface area contributed by atoms with Gasteiger partial charge in [-0.2, -0.15) is 21.4 Å². The predicted molar refractivity (Wildman–Crippen MR) is 414 cm³/mol. The van der Waals surface area contributed by atoms with Crippen LogP contribution in [0.25, 0.3) is 27.1 Å². The molecule has 5 atom stereocenters. The number of aromatic nitrogens is 3. The molecule has 12 N–H and O–H groups in total. The number of rotatable bonds is 33. The summed E-state index contributed by atoms with van der Waals surface area (Å²) >= 11 is -1.95. The summed E-state index contributed by atoms with van der Waals surface area (Å²) in [5.74, 6) is -14.1. The molecule has 5 amide bonds. The van der Waals surface area contributed by atoms with Crippen LogP contribution in [0.2, 0.25) is 0 Å². The van der Waals surface area contributed by atoms with Crippen LogP contribution in [0.4, 0.5) is 21.6 Å². The number of ketones is 1. The second-order valence-electron chi connectivity index (χ2n) is 26.5. The Balaban J connectivity index is 0.00000190. The molecule has 6 aromatic rings. The van der Waals surface area contributed by atoms with Crippen LogP contribution in [0.15, 0.2) is 96.9 Å². The van der Waals surface area contributed by atoms with E-state index in [1.54, 1.807) is 55.2 Å². The summed E-state index contributed by atoms with van der Waals surface area (Å²) in [5.41, 5.74) is 0.472. The highest BCUT2D eigenvalue weighted by Gasteiger charge is 2.47. The Morgan fingerprint density at radius 1 is 0.632 bits per heavy atom. The average molecular weight is 1770 g/mol. The Morgan fingerprint density at radius 2 is 1.18 bits per heavy atom. The molecule has 2 aliphatic rings. The van der Waals surface area contributed by atoms with Crippen molar-refractivity contribution >= 4 is 188 Å². The van der Waals surface area contributed by atoms with Crippen LogP contribution in [0.1, 0.15) is 156 Å². The number of unbranched alkanes of at least 4 members (excludes halogenated alkanes) is 1. The van der Waals surface area contributed by atoms with E-state index in [1.807, 2.05) is 37.6 Å². The number of carboxylic acid groups (broad SMARTS) is 4. The van der Waals surface area contributed by atoms with Crippen molar-refractivity contribution < 1.29 is 146 Å². The third-order valence-corrected chi connectivity index (χ3v) is 20.3. The van der Waals surface area contributed by atoms with Gasteiger partial charge in [0.15, 0.2) is 11.5 Å². The van der Waals surface area contributed by atoms with Gasteiger partial charge in [-0.25, -0.2) is 4.79 Å². The van der Waals surface area contributed by atoms with Gasteiger partial charge in [0.25, 0.3) is 43.9 Å². The smallest absolute Gasteiger partial charge is 0.425 e. The molecule has 4 aromatic carbocycles. The number of hydrogen-bond donors (Lipinski definition) is 12. The molecule has 4 heterocycles. The number of pyridine rings is 1. The van der Waals surface area contributed by atoms with E-state index >= 15 is 0 Å². The number of carboxylic acids is 4. The molecule has 2 aliphatic heterocycles. The Labute approximate surface area is 676 Å². The van der Waals surface area contributed by atoms with E-state index in [4.69, 9.17) is 42.9 Å². The van der Waals surface area contributed by atoms with Gasteiger partial charge >= 0.3 is 55.7 Å². The van der Waals surface area contributed by atoms with Gasteiger partial charge in [0.2, 0.25) is 21.9 Å². The molecule has 49 heteroatoms. The van der Waals surface area contributed by atoms with Crippen LogP contribution in [0.5, 0.6) is 0 Å². The normalized spacial score (nSPS) is 14.8. The quantitative estimate of drug-likeness (QED) is 0.00926. The molecule has 8 rings (SSSR count). The van der Waals surface area contributed by atoms with Gasteiger partial charge in [-0.3, -0.25) is 66.2 Å². The first kappa shape index (κ1) is 95.9. The minimum Gasteiger partial charge on any atom is -0.755 e. The molecule has 0 saturated carbocycles. The summed E-state index contributed by atoms with van der Waals surface area (Å²) in [6.45, 7) is 13.2. The minimum absolute atomic E-state index is 0.0150. The van der Waals surface area contributed by atoms with E-state index < -0.39 is 181 Å². The summed E-state index contributed by atoms with van der Waals surface area (Å²) in [5, 5.41) is 59.5. The number of amides is 5. The van der Waals surface area contributed by atoms with Crippen molar-refractivity contribution in [2.45, 2.75) is 116 Å². The fourth-order valence-corrected chi connectivity index (χ4v) is 14.5. The third kappa shape index (κ3) is 26.9. The van der Waals surface area contributed by atoms with Gasteiger partial charge in [0, 0.05) is 112 Å². The number of nitrogens with one attached hydrogen (secondary N) is 6. The summed E-state index contributed by atoms with van der Waals surface area (Å²) in [7, 11) is -18.9. The molecular formula is C68H75N11O31S7. The molecule has 0 radical (unpaired) electrons. The van der Waals surface area contributed by atoms with Gasteiger partial charge < -0.3 is 56.5 Å². The first-order valence-corrected chi connectivity index (χ1v) is 42.0. The molecular weight excluding hydrogens is 1690 g/mol. The maximum absolute atomic E-state index is 14.3. The van der Waals surface area contributed by atoms with Crippen molar-refractivity contribution in [3.05, 3.63) is 141 Å². The van der Waals surface area contributed by atoms with E-state index in [-0.39, 0.29) is 74.9 Å². The number of hydrogen-bond acceptors (Lipinski definition) is 30. The predicted octanol–water partition coefficient (Wildman–Crippen LogP) is 2.74. The highest BCUT2D eigenvalue weighted by Crippen LogP contribution is 2.52. The lowest BCUT2D eigenvalue weighted by Crippen LogP contribution is -2.45. The summed E-state index contributed by atoms with van der Waals surface area (Å²) in [6.07, 6.45) is 8.56. The minimum atomic E-state index is -5.02. The van der Waals surface area contributed by atoms with E-state index in [0.717, 1.165) is 17.4 Å². The molecule has 0 saturated heterocycles. The maximum Gasteiger partial charge on any atom is 0.425 e. The summed E-state index contributed by atoms with van der Waals surface area (Å²) < 4.78 is 170. The second-order valence-corrected chi connectivity index (χ2v) is 32.4. The number of Topliss-reactive ketones (excluding diaryl/α,β-unsaturated/α-hetero) is 1. The zero-order valence-corrected chi connectivity index (χ0v) is 68.2. The van der Waals surface area contributed by atoms with Gasteiger partial charge in [0.05, 0.1) is 28.3 Å². The van der Waals surface area contributed by atoms with Crippen molar-refractivity contribution in [1.82, 2.24) is 36.4 Å². The standard InChI is InChI=1S/C68H75N11O22S4.3O3S/c1-9-10-24-78-49-18-15-41-43(51(80)27-34(2)61(86)87)28-39(58(83)71-35(3)62(88)89)29-44(41)55(49)67(5,6)52(78)20-13-37(47-17-12-38(32-70-47)57(82)69-23-22-54(81)74-65-75-76-66(102-65)77-103(94)95)14-21-53-68(7,8)56-45-30-40(59(84)73-48(64(92)93)33-105(99,100)101)31-46(60(85)72-36(4)63(90)91)42(45)16-19-50(56)79(53)25-11-26-104(96,97)98;3*1-4(2)3/h12-21,28-32,34-36,48H,9-11,22-27,33H2,1-8H3,(H12-,69,71,72,73,74,75,76,77,81,82,83,84,85,86,87,88,89,90,91,92,93,94,95,96,97,98,99,100,101);;;. The Kier molecular flexibility index (Phi) is 33.8. The molecule has 0 bridgehead atoms. The lowest BCUT2D eigenvalue weighted by Gasteiger charge is -2.27. The molecule has 5 unspecified atom stereocenters. The average Bonchev–Trinajstić information content (AvgIpc) is 1.58. The number of carbonyl (C=O) groups excluding carboxylic acids is 6. The monoisotopic (exact) mass is 1770 g/mol. The van der Waals surface area contributed by atoms with E-state index in [0.29, 0.717) is 69.6 Å². The number of benzene rings is 4. The largest absolute Gasteiger partial charge is 0.755 e. The number of aliphatic carboxylic acids is 4. The van der Waals surface area contributed by atoms with Crippen molar-refractivity contribution in [2.24, 2.45) is 5.92 Å². The summed E-state index contributed by atoms with van der Waals surface area (Å²) in [6, 6.07) is 9.64. The van der Waals surface area contributed by atoms with Crippen LogP contribution < -0.4 is 36.2 Å². The zero-order valence-electron chi connectivity index (χ0n) is 62.5. The second kappa shape index (κ2) is 41.2. The highest BCUT2D eigenvalue weighted by molar-refractivity contribution is 7.86. The zero-order chi connectivity index (χ0) is 88.3. The van der Waals surface area contributed by atoms with Crippen LogP contribution >= 0.6 is 11.3 Å². The molecule has 0 aliphatic carbocycles. The fraction of sp³-hybridized carbons (Fsp3) is 0.353. The van der Waals surface area contributed by atoms with E-state index in [9.17, 15) is 103 Å². The first-order valence-electron chi connectivity index (χ1n) is 33.9. The van der Waals surface area contributed by atoms with Crippen molar-refractivity contribution in [3.8, 4) is 0 Å². The van der Waals surface area contributed by atoms with Crippen molar-refractivity contribution in [1.29, 1.82) is 0 Å². The van der Waals surface area contributed by atoms with Gasteiger partial charge in [-0.15, -0.1) is 48.1 Å². The van der Waals surface area contributed by atoms with Gasteiger partial charge in [-0.05, 0) is 122 Å². The SMILES string of the molecule is CCCC[N+]1=C(/C=C/C(=C/C=C2/N(CCCS(=O)(=O)O)c3ccc4c(C(=O)NC(C)C(=O)O)cc(C(=O)NC(CS(=O)(=O)O)C(=O)O)cc4c3C2(C)C)c2ccc(C(=O)NCCC(=O)Nc3nnc(NS(=O)[O-])s3)cn2)C(C)(C)c2c1ccc1c(C(=O)CC(C)C(=O)O)cc(C(=O)NC(C)C(=O)O)cc21.O=S(=O)=O.O=S(=O)=O.O=S(=O)=O. The molecule has 42 nitrogen and oxygen atoms in total. The number of nitrogens with zero attached hydrogens (tertiary/aromatic N) is 5. The Morgan fingerprint density at radius 3 is 1.71 bits per heavy atom. The van der Waals surface area contributed by atoms with Gasteiger partial charge in [-0.1, -0.05) is 57.6 Å². The van der Waals surface area contributed by atoms with Crippen LogP contribution in [-0.4, -0.2) is 227 Å².